The van der Waals surface area contributed by atoms with Crippen molar-refractivity contribution in [3.8, 4) is 5.75 Å². The number of ether oxygens (including phenoxy) is 2. The highest BCUT2D eigenvalue weighted by Gasteiger charge is 2.10. The molecule has 0 atom stereocenters. The molecule has 0 unspecified atom stereocenters. The van der Waals surface area contributed by atoms with Gasteiger partial charge in [0.2, 0.25) is 0 Å². The molecule has 0 heterocycles. The number of rotatable bonds is 7. The maximum absolute atomic E-state index is 11.7. The Kier molecular flexibility index (Phi) is 7.12. The van der Waals surface area contributed by atoms with E-state index in [0.29, 0.717) is 12.4 Å². The minimum atomic E-state index is -0.354. The molecule has 0 amide bonds. The van der Waals surface area contributed by atoms with E-state index >= 15 is 0 Å². The zero-order valence-electron chi connectivity index (χ0n) is 12.9. The third-order valence-electron chi connectivity index (χ3n) is 3.24. The van der Waals surface area contributed by atoms with Crippen LogP contribution in [0.15, 0.2) is 51.4 Å². The van der Waals surface area contributed by atoms with Gasteiger partial charge in [-0.05, 0) is 59.0 Å². The summed E-state index contributed by atoms with van der Waals surface area (Å²) in [6, 6.07) is 14.0. The quantitative estimate of drug-likeness (QED) is 0.444. The fourth-order valence-electron chi connectivity index (χ4n) is 2.15. The second-order valence-corrected chi connectivity index (χ2v) is 6.90. The van der Waals surface area contributed by atoms with Gasteiger partial charge in [-0.2, -0.15) is 0 Å². The fraction of sp³-hybridized carbons (Fsp3) is 0.278. The molecule has 0 fully saturated rings. The van der Waals surface area contributed by atoms with Gasteiger partial charge in [0.15, 0.2) is 6.61 Å². The predicted octanol–water partition coefficient (Wildman–Crippen LogP) is 5.07. The van der Waals surface area contributed by atoms with Crippen LogP contribution in [0.3, 0.4) is 0 Å². The van der Waals surface area contributed by atoms with Gasteiger partial charge in [-0.15, -0.1) is 0 Å². The number of aryl methyl sites for hydroxylation is 2. The van der Waals surface area contributed by atoms with Crippen molar-refractivity contribution in [3.63, 3.8) is 0 Å². The van der Waals surface area contributed by atoms with E-state index in [1.807, 2.05) is 37.3 Å². The Bertz CT molecular complexity index is 634. The molecule has 0 bridgehead atoms. The number of hydrogen-bond acceptors (Lipinski definition) is 3. The van der Waals surface area contributed by atoms with Crippen LogP contribution >= 0.6 is 31.9 Å². The van der Waals surface area contributed by atoms with Crippen LogP contribution in [0, 0.1) is 6.92 Å². The van der Waals surface area contributed by atoms with Crippen LogP contribution in [0.4, 0.5) is 0 Å². The minimum Gasteiger partial charge on any atom is -0.480 e. The molecule has 0 aliphatic rings. The number of carbonyl (C=O) groups excluding carboxylic acids is 1. The standard InChI is InChI=1S/C18H18Br2O3/c1-13-10-15(19)11-16(20)18(13)23-12-17(21)22-9-5-8-14-6-3-2-4-7-14/h2-4,6-7,10-11H,5,8-9,12H2,1H3. The number of benzene rings is 2. The van der Waals surface area contributed by atoms with Crippen molar-refractivity contribution in [3.05, 3.63) is 62.5 Å². The first-order chi connectivity index (χ1) is 11.1. The molecule has 0 N–H and O–H groups in total. The van der Waals surface area contributed by atoms with E-state index in [9.17, 15) is 4.79 Å². The number of hydrogen-bond donors (Lipinski definition) is 0. The molecule has 0 radical (unpaired) electrons. The molecule has 0 saturated carbocycles. The number of halogens is 2. The molecule has 2 aromatic rings. The van der Waals surface area contributed by atoms with Crippen LogP contribution < -0.4 is 4.74 Å². The van der Waals surface area contributed by atoms with Gasteiger partial charge in [0, 0.05) is 4.47 Å². The molecule has 0 aromatic heterocycles. The first kappa shape index (κ1) is 18.0. The lowest BCUT2D eigenvalue weighted by molar-refractivity contribution is -0.146. The summed E-state index contributed by atoms with van der Waals surface area (Å²) in [5, 5.41) is 0. The molecule has 0 spiro atoms. The van der Waals surface area contributed by atoms with Gasteiger partial charge in [0.05, 0.1) is 11.1 Å². The number of carbonyl (C=O) groups is 1. The van der Waals surface area contributed by atoms with Crippen molar-refractivity contribution in [2.45, 2.75) is 19.8 Å². The maximum Gasteiger partial charge on any atom is 0.344 e. The third-order valence-corrected chi connectivity index (χ3v) is 4.29. The molecule has 122 valence electrons. The van der Waals surface area contributed by atoms with Gasteiger partial charge < -0.3 is 9.47 Å². The molecule has 3 nitrogen and oxygen atoms in total. The maximum atomic E-state index is 11.7. The summed E-state index contributed by atoms with van der Waals surface area (Å²) in [4.78, 5) is 11.7. The number of esters is 1. The van der Waals surface area contributed by atoms with Gasteiger partial charge in [0.1, 0.15) is 5.75 Å². The summed E-state index contributed by atoms with van der Waals surface area (Å²) in [5.41, 5.74) is 2.19. The van der Waals surface area contributed by atoms with E-state index in [4.69, 9.17) is 9.47 Å². The van der Waals surface area contributed by atoms with Crippen molar-refractivity contribution < 1.29 is 14.3 Å². The van der Waals surface area contributed by atoms with Gasteiger partial charge >= 0.3 is 5.97 Å². The van der Waals surface area contributed by atoms with Crippen molar-refractivity contribution in [2.75, 3.05) is 13.2 Å². The fourth-order valence-corrected chi connectivity index (χ4v) is 3.70. The molecular weight excluding hydrogens is 424 g/mol. The first-order valence-electron chi connectivity index (χ1n) is 7.34. The van der Waals surface area contributed by atoms with E-state index < -0.39 is 0 Å². The summed E-state index contributed by atoms with van der Waals surface area (Å²) in [7, 11) is 0. The van der Waals surface area contributed by atoms with E-state index in [1.165, 1.54) is 5.56 Å². The highest BCUT2D eigenvalue weighted by molar-refractivity contribution is 9.11. The average molecular weight is 442 g/mol. The molecule has 0 aliphatic carbocycles. The Hall–Kier alpha value is -1.33. The van der Waals surface area contributed by atoms with Crippen LogP contribution in [0.1, 0.15) is 17.5 Å². The Balaban J connectivity index is 1.71. The predicted molar refractivity (Wildman–Crippen MR) is 97.8 cm³/mol. The second-order valence-electron chi connectivity index (χ2n) is 5.13. The van der Waals surface area contributed by atoms with Crippen LogP contribution in [0.5, 0.6) is 5.75 Å². The van der Waals surface area contributed by atoms with E-state index in [0.717, 1.165) is 27.4 Å². The lowest BCUT2D eigenvalue weighted by Crippen LogP contribution is -2.16. The van der Waals surface area contributed by atoms with Crippen molar-refractivity contribution in [1.82, 2.24) is 0 Å². The highest BCUT2D eigenvalue weighted by Crippen LogP contribution is 2.32. The Morgan fingerprint density at radius 2 is 1.87 bits per heavy atom. The average Bonchev–Trinajstić information content (AvgIpc) is 2.51. The van der Waals surface area contributed by atoms with Crippen molar-refractivity contribution >= 4 is 37.8 Å². The Labute approximate surface area is 153 Å². The van der Waals surface area contributed by atoms with Crippen LogP contribution in [0.2, 0.25) is 0 Å². The summed E-state index contributed by atoms with van der Waals surface area (Å²) < 4.78 is 12.5. The largest absolute Gasteiger partial charge is 0.480 e. The van der Waals surface area contributed by atoms with Gasteiger partial charge in [-0.3, -0.25) is 0 Å². The van der Waals surface area contributed by atoms with Crippen LogP contribution in [-0.2, 0) is 16.0 Å². The van der Waals surface area contributed by atoms with Gasteiger partial charge in [0.25, 0.3) is 0 Å². The minimum absolute atomic E-state index is 0.0909. The van der Waals surface area contributed by atoms with E-state index in [2.05, 4.69) is 44.0 Å². The molecule has 2 aromatic carbocycles. The van der Waals surface area contributed by atoms with Crippen molar-refractivity contribution in [2.24, 2.45) is 0 Å². The molecular formula is C18H18Br2O3. The molecule has 0 saturated heterocycles. The zero-order chi connectivity index (χ0) is 16.7. The molecule has 5 heteroatoms. The molecule has 0 aliphatic heterocycles. The van der Waals surface area contributed by atoms with Gasteiger partial charge in [-0.1, -0.05) is 46.3 Å². The van der Waals surface area contributed by atoms with E-state index in [1.54, 1.807) is 0 Å². The van der Waals surface area contributed by atoms with E-state index in [-0.39, 0.29) is 12.6 Å². The first-order valence-corrected chi connectivity index (χ1v) is 8.93. The summed E-state index contributed by atoms with van der Waals surface area (Å²) in [6.45, 7) is 2.24. The zero-order valence-corrected chi connectivity index (χ0v) is 16.0. The van der Waals surface area contributed by atoms with Crippen LogP contribution in [-0.4, -0.2) is 19.2 Å². The normalized spacial score (nSPS) is 10.4. The van der Waals surface area contributed by atoms with Crippen molar-refractivity contribution in [1.29, 1.82) is 0 Å². The molecule has 2 rings (SSSR count). The van der Waals surface area contributed by atoms with Gasteiger partial charge in [-0.25, -0.2) is 4.79 Å². The summed E-state index contributed by atoms with van der Waals surface area (Å²) in [6.07, 6.45) is 1.70. The summed E-state index contributed by atoms with van der Waals surface area (Å²) >= 11 is 6.84. The highest BCUT2D eigenvalue weighted by atomic mass is 79.9. The molecule has 23 heavy (non-hydrogen) atoms. The second kappa shape index (κ2) is 9.08. The lowest BCUT2D eigenvalue weighted by atomic mass is 10.1. The third kappa shape index (κ3) is 5.99. The van der Waals surface area contributed by atoms with Crippen LogP contribution in [0.25, 0.3) is 0 Å². The SMILES string of the molecule is Cc1cc(Br)cc(Br)c1OCC(=O)OCCCc1ccccc1. The topological polar surface area (TPSA) is 35.5 Å². The Morgan fingerprint density at radius 3 is 2.57 bits per heavy atom. The Morgan fingerprint density at radius 1 is 1.13 bits per heavy atom. The summed E-state index contributed by atoms with van der Waals surface area (Å²) in [5.74, 6) is 0.307. The smallest absolute Gasteiger partial charge is 0.344 e. The monoisotopic (exact) mass is 440 g/mol. The lowest BCUT2D eigenvalue weighted by Gasteiger charge is -2.11.